The van der Waals surface area contributed by atoms with Gasteiger partial charge in [0, 0.05) is 0 Å². The molecule has 1 amide bonds. The highest BCUT2D eigenvalue weighted by Gasteiger charge is 2.44. The number of rotatable bonds is 24. The summed E-state index contributed by atoms with van der Waals surface area (Å²) in [6, 6.07) is 3.94. The molecule has 12 heteroatoms. The number of benzene rings is 1. The summed E-state index contributed by atoms with van der Waals surface area (Å²) in [5, 5.41) is 64.7. The molecule has 1 aliphatic heterocycles. The zero-order chi connectivity index (χ0) is 33.9. The highest BCUT2D eigenvalue weighted by molar-refractivity contribution is 5.79. The van der Waals surface area contributed by atoms with Crippen molar-refractivity contribution in [3.8, 4) is 11.5 Å². The van der Waals surface area contributed by atoms with E-state index in [0.29, 0.717) is 29.9 Å². The summed E-state index contributed by atoms with van der Waals surface area (Å²) in [5.41, 5.74) is 0.621. The SMILES string of the molecule is CCCCCCCCCCCCCCC(O)C(O)C(COC1OC(CO)C(O)C(O)C1O)NC(=O)Cc1ccc(OC)c(OC)c1. The lowest BCUT2D eigenvalue weighted by Crippen LogP contribution is -2.60. The molecule has 1 fully saturated rings. The van der Waals surface area contributed by atoms with Crippen molar-refractivity contribution in [3.05, 3.63) is 23.8 Å². The Labute approximate surface area is 274 Å². The van der Waals surface area contributed by atoms with Gasteiger partial charge < -0.3 is 54.9 Å². The van der Waals surface area contributed by atoms with Gasteiger partial charge in [-0.2, -0.15) is 0 Å². The molecule has 0 spiro atoms. The molecule has 1 heterocycles. The highest BCUT2D eigenvalue weighted by atomic mass is 16.7. The van der Waals surface area contributed by atoms with Crippen LogP contribution in [0.25, 0.3) is 0 Å². The van der Waals surface area contributed by atoms with E-state index in [0.717, 1.165) is 19.3 Å². The summed E-state index contributed by atoms with van der Waals surface area (Å²) in [6.45, 7) is 1.20. The van der Waals surface area contributed by atoms with E-state index in [1.165, 1.54) is 65.6 Å². The molecule has 7 N–H and O–H groups in total. The minimum absolute atomic E-state index is 0.0710. The smallest absolute Gasteiger partial charge is 0.224 e. The quantitative estimate of drug-likeness (QED) is 0.0809. The fraction of sp³-hybridized carbons (Fsp3) is 0.794. The van der Waals surface area contributed by atoms with E-state index in [1.807, 2.05) is 0 Å². The lowest BCUT2D eigenvalue weighted by Gasteiger charge is -2.40. The summed E-state index contributed by atoms with van der Waals surface area (Å²) in [6.07, 6.45) is 4.24. The molecule has 12 nitrogen and oxygen atoms in total. The fourth-order valence-electron chi connectivity index (χ4n) is 5.70. The molecule has 0 saturated carbocycles. The van der Waals surface area contributed by atoms with Crippen molar-refractivity contribution in [2.24, 2.45) is 0 Å². The number of hydrogen-bond donors (Lipinski definition) is 7. The van der Waals surface area contributed by atoms with Crippen molar-refractivity contribution in [3.63, 3.8) is 0 Å². The normalized spacial score (nSPS) is 23.5. The van der Waals surface area contributed by atoms with Crippen LogP contribution in [0.3, 0.4) is 0 Å². The molecule has 8 atom stereocenters. The van der Waals surface area contributed by atoms with Crippen molar-refractivity contribution in [2.75, 3.05) is 27.4 Å². The number of amides is 1. The first-order chi connectivity index (χ1) is 22.2. The van der Waals surface area contributed by atoms with Crippen LogP contribution in [0, 0.1) is 0 Å². The van der Waals surface area contributed by atoms with Gasteiger partial charge in [0.25, 0.3) is 0 Å². The average Bonchev–Trinajstić information content (AvgIpc) is 3.06. The second-order valence-corrected chi connectivity index (χ2v) is 12.3. The second-order valence-electron chi connectivity index (χ2n) is 12.3. The Bertz CT molecular complexity index is 965. The zero-order valence-electron chi connectivity index (χ0n) is 27.9. The van der Waals surface area contributed by atoms with E-state index < -0.39 is 68.1 Å². The number of hydrogen-bond acceptors (Lipinski definition) is 11. The van der Waals surface area contributed by atoms with Gasteiger partial charge in [-0.3, -0.25) is 4.79 Å². The molecule has 0 radical (unpaired) electrons. The molecule has 46 heavy (non-hydrogen) atoms. The maximum Gasteiger partial charge on any atom is 0.224 e. The van der Waals surface area contributed by atoms with Gasteiger partial charge in [0.15, 0.2) is 17.8 Å². The van der Waals surface area contributed by atoms with Crippen molar-refractivity contribution in [1.29, 1.82) is 0 Å². The Balaban J connectivity index is 1.92. The summed E-state index contributed by atoms with van der Waals surface area (Å²) in [7, 11) is 3.00. The summed E-state index contributed by atoms with van der Waals surface area (Å²) >= 11 is 0. The van der Waals surface area contributed by atoms with Crippen LogP contribution in [0.4, 0.5) is 0 Å². The third-order valence-electron chi connectivity index (χ3n) is 8.61. The van der Waals surface area contributed by atoms with Gasteiger partial charge in [0.2, 0.25) is 5.91 Å². The van der Waals surface area contributed by atoms with E-state index >= 15 is 0 Å². The zero-order valence-corrected chi connectivity index (χ0v) is 27.9. The third-order valence-corrected chi connectivity index (χ3v) is 8.61. The number of aliphatic hydroxyl groups excluding tert-OH is 6. The monoisotopic (exact) mass is 657 g/mol. The summed E-state index contributed by atoms with van der Waals surface area (Å²) in [4.78, 5) is 13.1. The fourth-order valence-corrected chi connectivity index (χ4v) is 5.70. The van der Waals surface area contributed by atoms with Crippen LogP contribution < -0.4 is 14.8 Å². The first-order valence-corrected chi connectivity index (χ1v) is 16.9. The molecule has 0 aromatic heterocycles. The van der Waals surface area contributed by atoms with E-state index in [2.05, 4.69) is 12.2 Å². The lowest BCUT2D eigenvalue weighted by atomic mass is 9.98. The molecule has 2 rings (SSSR count). The number of aliphatic hydroxyl groups is 6. The highest BCUT2D eigenvalue weighted by Crippen LogP contribution is 2.28. The molecule has 0 aliphatic carbocycles. The third kappa shape index (κ3) is 13.6. The van der Waals surface area contributed by atoms with Crippen molar-refractivity contribution in [1.82, 2.24) is 5.32 Å². The van der Waals surface area contributed by atoms with Crippen molar-refractivity contribution < 1.29 is 54.4 Å². The molecule has 1 aromatic rings. The van der Waals surface area contributed by atoms with Gasteiger partial charge in [-0.05, 0) is 24.1 Å². The predicted molar refractivity (Wildman–Crippen MR) is 173 cm³/mol. The van der Waals surface area contributed by atoms with E-state index in [9.17, 15) is 35.4 Å². The van der Waals surface area contributed by atoms with E-state index in [4.69, 9.17) is 18.9 Å². The van der Waals surface area contributed by atoms with Crippen molar-refractivity contribution >= 4 is 5.91 Å². The maximum absolute atomic E-state index is 13.1. The van der Waals surface area contributed by atoms with Gasteiger partial charge in [-0.1, -0.05) is 90.0 Å². The Morgan fingerprint density at radius 1 is 0.848 bits per heavy atom. The minimum atomic E-state index is -1.65. The topological polar surface area (TPSA) is 187 Å². The van der Waals surface area contributed by atoms with Gasteiger partial charge >= 0.3 is 0 Å². The van der Waals surface area contributed by atoms with Crippen LogP contribution in [-0.4, -0.2) is 113 Å². The molecular formula is C34H59NO11. The molecule has 1 saturated heterocycles. The van der Waals surface area contributed by atoms with Gasteiger partial charge in [0.1, 0.15) is 30.5 Å². The van der Waals surface area contributed by atoms with E-state index in [1.54, 1.807) is 18.2 Å². The van der Waals surface area contributed by atoms with Crippen LogP contribution in [0.15, 0.2) is 18.2 Å². The number of carbonyl (C=O) groups is 1. The number of carbonyl (C=O) groups excluding carboxylic acids is 1. The Morgan fingerprint density at radius 2 is 1.43 bits per heavy atom. The average molecular weight is 658 g/mol. The van der Waals surface area contributed by atoms with Crippen molar-refractivity contribution in [2.45, 2.75) is 146 Å². The lowest BCUT2D eigenvalue weighted by molar-refractivity contribution is -0.303. The van der Waals surface area contributed by atoms with Gasteiger partial charge in [-0.15, -0.1) is 0 Å². The number of ether oxygens (including phenoxy) is 4. The molecule has 1 aliphatic rings. The Morgan fingerprint density at radius 3 is 2.00 bits per heavy atom. The number of methoxy groups -OCH3 is 2. The molecular weight excluding hydrogens is 598 g/mol. The van der Waals surface area contributed by atoms with Crippen LogP contribution in [0.1, 0.15) is 96.0 Å². The van der Waals surface area contributed by atoms with Crippen LogP contribution >= 0.6 is 0 Å². The van der Waals surface area contributed by atoms with Gasteiger partial charge in [-0.25, -0.2) is 0 Å². The Kier molecular flexibility index (Phi) is 19.7. The number of unbranched alkanes of at least 4 members (excludes halogenated alkanes) is 11. The summed E-state index contributed by atoms with van der Waals surface area (Å²) in [5.74, 6) is 0.494. The van der Waals surface area contributed by atoms with Gasteiger partial charge in [0.05, 0.1) is 46.0 Å². The molecule has 8 unspecified atom stereocenters. The number of nitrogens with one attached hydrogen (secondary N) is 1. The van der Waals surface area contributed by atoms with Crippen LogP contribution in [0.5, 0.6) is 11.5 Å². The standard InChI is InChI=1S/C34H59NO11/c1-4-5-6-7-8-9-10-11-12-13-14-15-16-25(37)30(39)24(22-45-34-33(42)32(41)31(40)28(21-36)46-34)35-29(38)20-23-17-18-26(43-2)27(19-23)44-3/h17-19,24-25,28,30-34,36-37,39-42H,4-16,20-22H2,1-3H3,(H,35,38). The molecule has 266 valence electrons. The summed E-state index contributed by atoms with van der Waals surface area (Å²) < 4.78 is 21.6. The van der Waals surface area contributed by atoms with E-state index in [-0.39, 0.29) is 6.42 Å². The minimum Gasteiger partial charge on any atom is -0.493 e. The van der Waals surface area contributed by atoms with Crippen LogP contribution in [-0.2, 0) is 20.7 Å². The molecule has 1 aromatic carbocycles. The first-order valence-electron chi connectivity index (χ1n) is 16.9. The molecule has 0 bridgehead atoms. The largest absolute Gasteiger partial charge is 0.493 e. The first kappa shape index (κ1) is 40.1. The van der Waals surface area contributed by atoms with Crippen LogP contribution in [0.2, 0.25) is 0 Å². The Hall–Kier alpha value is -2.03. The second kappa shape index (κ2) is 22.5. The maximum atomic E-state index is 13.1. The predicted octanol–water partition coefficient (Wildman–Crippen LogP) is 2.36.